The predicted octanol–water partition coefficient (Wildman–Crippen LogP) is 3.89. The Morgan fingerprint density at radius 1 is 1.27 bits per heavy atom. The average molecular weight is 230 g/mol. The number of likely N-dealkylation sites (tertiary alicyclic amines) is 1. The van der Waals surface area contributed by atoms with Gasteiger partial charge in [-0.2, -0.15) is 0 Å². The summed E-state index contributed by atoms with van der Waals surface area (Å²) < 4.78 is 0. The SMILES string of the molecule is CC(C)(C)C1CCCN(C/C=C/Cl)CC1. The normalized spacial score (nSPS) is 25.7. The van der Waals surface area contributed by atoms with Gasteiger partial charge in [0.25, 0.3) is 0 Å². The Labute approximate surface area is 99.5 Å². The Bertz CT molecular complexity index is 205. The number of nitrogens with zero attached hydrogens (tertiary/aromatic N) is 1. The predicted molar refractivity (Wildman–Crippen MR) is 68.2 cm³/mol. The topological polar surface area (TPSA) is 3.24 Å². The van der Waals surface area contributed by atoms with E-state index < -0.39 is 0 Å². The lowest BCUT2D eigenvalue weighted by molar-refractivity contribution is 0.211. The van der Waals surface area contributed by atoms with Gasteiger partial charge in [0.15, 0.2) is 0 Å². The fourth-order valence-electron chi connectivity index (χ4n) is 2.39. The lowest BCUT2D eigenvalue weighted by Gasteiger charge is -2.29. The van der Waals surface area contributed by atoms with Crippen molar-refractivity contribution in [3.8, 4) is 0 Å². The molecule has 0 N–H and O–H groups in total. The average Bonchev–Trinajstić information content (AvgIpc) is 2.38. The molecule has 1 nitrogen and oxygen atoms in total. The van der Waals surface area contributed by atoms with Crippen LogP contribution in [-0.2, 0) is 0 Å². The molecule has 0 aromatic carbocycles. The quantitative estimate of drug-likeness (QED) is 0.695. The van der Waals surface area contributed by atoms with Crippen LogP contribution < -0.4 is 0 Å². The van der Waals surface area contributed by atoms with E-state index in [0.29, 0.717) is 5.41 Å². The maximum atomic E-state index is 5.56. The minimum atomic E-state index is 0.471. The molecule has 1 unspecified atom stereocenters. The zero-order valence-corrected chi connectivity index (χ0v) is 11.1. The lowest BCUT2D eigenvalue weighted by Crippen LogP contribution is -2.26. The van der Waals surface area contributed by atoms with Crippen LogP contribution in [0.25, 0.3) is 0 Å². The van der Waals surface area contributed by atoms with Crippen LogP contribution in [0.5, 0.6) is 0 Å². The van der Waals surface area contributed by atoms with Crippen molar-refractivity contribution in [3.05, 3.63) is 11.6 Å². The molecular weight excluding hydrogens is 206 g/mol. The molecule has 88 valence electrons. The molecular formula is C13H24ClN. The van der Waals surface area contributed by atoms with Gasteiger partial charge < -0.3 is 0 Å². The van der Waals surface area contributed by atoms with Crippen LogP contribution in [0.4, 0.5) is 0 Å². The van der Waals surface area contributed by atoms with E-state index >= 15 is 0 Å². The zero-order chi connectivity index (χ0) is 11.3. The maximum absolute atomic E-state index is 5.56. The molecule has 0 spiro atoms. The third-order valence-corrected chi connectivity index (χ3v) is 3.68. The number of hydrogen-bond donors (Lipinski definition) is 0. The highest BCUT2D eigenvalue weighted by atomic mass is 35.5. The van der Waals surface area contributed by atoms with E-state index in [4.69, 9.17) is 11.6 Å². The molecule has 1 rings (SSSR count). The third-order valence-electron chi connectivity index (χ3n) is 3.50. The van der Waals surface area contributed by atoms with Crippen molar-refractivity contribution in [2.45, 2.75) is 40.0 Å². The first kappa shape index (κ1) is 13.1. The fraction of sp³-hybridized carbons (Fsp3) is 0.846. The second-order valence-corrected chi connectivity index (χ2v) is 5.91. The van der Waals surface area contributed by atoms with Crippen molar-refractivity contribution in [2.24, 2.45) is 11.3 Å². The zero-order valence-electron chi connectivity index (χ0n) is 10.3. The van der Waals surface area contributed by atoms with Gasteiger partial charge in [0.05, 0.1) is 0 Å². The molecule has 2 heteroatoms. The van der Waals surface area contributed by atoms with Crippen molar-refractivity contribution in [3.63, 3.8) is 0 Å². The van der Waals surface area contributed by atoms with Gasteiger partial charge in [-0.15, -0.1) is 0 Å². The summed E-state index contributed by atoms with van der Waals surface area (Å²) >= 11 is 5.56. The summed E-state index contributed by atoms with van der Waals surface area (Å²) in [6.45, 7) is 10.6. The summed E-state index contributed by atoms with van der Waals surface area (Å²) in [6, 6.07) is 0. The van der Waals surface area contributed by atoms with Crippen LogP contribution in [0.3, 0.4) is 0 Å². The first-order valence-electron chi connectivity index (χ1n) is 6.01. The molecule has 0 amide bonds. The Morgan fingerprint density at radius 2 is 2.00 bits per heavy atom. The smallest absolute Gasteiger partial charge is 0.0174 e. The Balaban J connectivity index is 2.42. The van der Waals surface area contributed by atoms with Gasteiger partial charge in [0.2, 0.25) is 0 Å². The molecule has 1 saturated heterocycles. The molecule has 1 aliphatic rings. The van der Waals surface area contributed by atoms with Gasteiger partial charge in [-0.25, -0.2) is 0 Å². The van der Waals surface area contributed by atoms with Crippen LogP contribution >= 0.6 is 11.6 Å². The summed E-state index contributed by atoms with van der Waals surface area (Å²) in [5, 5.41) is 0. The monoisotopic (exact) mass is 229 g/mol. The van der Waals surface area contributed by atoms with Gasteiger partial charge in [-0.3, -0.25) is 4.90 Å². The summed E-state index contributed by atoms with van der Waals surface area (Å²) in [7, 11) is 0. The van der Waals surface area contributed by atoms with Crippen LogP contribution in [0.15, 0.2) is 11.6 Å². The van der Waals surface area contributed by atoms with Gasteiger partial charge >= 0.3 is 0 Å². The van der Waals surface area contributed by atoms with Crippen molar-refractivity contribution in [1.29, 1.82) is 0 Å². The molecule has 0 saturated carbocycles. The molecule has 1 aliphatic heterocycles. The fourth-order valence-corrected chi connectivity index (χ4v) is 2.47. The molecule has 1 heterocycles. The highest BCUT2D eigenvalue weighted by molar-refractivity contribution is 6.25. The molecule has 15 heavy (non-hydrogen) atoms. The number of rotatable bonds is 2. The van der Waals surface area contributed by atoms with Gasteiger partial charge in [0, 0.05) is 12.1 Å². The molecule has 0 radical (unpaired) electrons. The Hall–Kier alpha value is -0.0100. The number of halogens is 1. The van der Waals surface area contributed by atoms with Crippen molar-refractivity contribution < 1.29 is 0 Å². The molecule has 1 atom stereocenters. The molecule has 1 fully saturated rings. The molecule has 0 aromatic rings. The standard InChI is InChI=1S/C13H24ClN/c1-13(2,3)12-6-4-9-15(11-7-12)10-5-8-14/h5,8,12H,4,6-7,9-11H2,1-3H3/b8-5+. The van der Waals surface area contributed by atoms with Crippen molar-refractivity contribution in [1.82, 2.24) is 4.90 Å². The molecule has 0 aromatic heterocycles. The Kier molecular flexibility index (Phi) is 5.14. The number of hydrogen-bond acceptors (Lipinski definition) is 1. The highest BCUT2D eigenvalue weighted by Crippen LogP contribution is 2.34. The summed E-state index contributed by atoms with van der Waals surface area (Å²) in [5.74, 6) is 0.877. The third kappa shape index (κ3) is 4.56. The van der Waals surface area contributed by atoms with Crippen LogP contribution in [0.2, 0.25) is 0 Å². The van der Waals surface area contributed by atoms with E-state index in [2.05, 4.69) is 25.7 Å². The van der Waals surface area contributed by atoms with Crippen LogP contribution in [0.1, 0.15) is 40.0 Å². The summed E-state index contributed by atoms with van der Waals surface area (Å²) in [6.07, 6.45) is 6.08. The van der Waals surface area contributed by atoms with E-state index in [1.165, 1.54) is 32.4 Å². The van der Waals surface area contributed by atoms with Crippen molar-refractivity contribution in [2.75, 3.05) is 19.6 Å². The first-order valence-corrected chi connectivity index (χ1v) is 6.45. The van der Waals surface area contributed by atoms with Gasteiger partial charge in [0.1, 0.15) is 0 Å². The highest BCUT2D eigenvalue weighted by Gasteiger charge is 2.26. The van der Waals surface area contributed by atoms with Gasteiger partial charge in [-0.05, 0) is 43.7 Å². The largest absolute Gasteiger partial charge is 0.300 e. The lowest BCUT2D eigenvalue weighted by atomic mass is 9.77. The van der Waals surface area contributed by atoms with Crippen molar-refractivity contribution >= 4 is 11.6 Å². The molecule has 0 bridgehead atoms. The van der Waals surface area contributed by atoms with Crippen LogP contribution in [0, 0.1) is 11.3 Å². The maximum Gasteiger partial charge on any atom is 0.0174 e. The van der Waals surface area contributed by atoms with E-state index in [9.17, 15) is 0 Å². The van der Waals surface area contributed by atoms with E-state index in [-0.39, 0.29) is 0 Å². The Morgan fingerprint density at radius 3 is 2.60 bits per heavy atom. The minimum Gasteiger partial charge on any atom is -0.300 e. The van der Waals surface area contributed by atoms with E-state index in [1.807, 2.05) is 6.08 Å². The summed E-state index contributed by atoms with van der Waals surface area (Å²) in [4.78, 5) is 2.50. The molecule has 0 aliphatic carbocycles. The van der Waals surface area contributed by atoms with E-state index in [1.54, 1.807) is 5.54 Å². The first-order chi connectivity index (χ1) is 7.04. The second kappa shape index (κ2) is 5.91. The van der Waals surface area contributed by atoms with E-state index in [0.717, 1.165) is 12.5 Å². The van der Waals surface area contributed by atoms with Crippen LogP contribution in [-0.4, -0.2) is 24.5 Å². The second-order valence-electron chi connectivity index (χ2n) is 5.66. The minimum absolute atomic E-state index is 0.471. The summed E-state index contributed by atoms with van der Waals surface area (Å²) in [5.41, 5.74) is 2.10. The van der Waals surface area contributed by atoms with Gasteiger partial charge in [-0.1, -0.05) is 38.4 Å².